The lowest BCUT2D eigenvalue weighted by molar-refractivity contribution is -0.122. The third kappa shape index (κ3) is 4.18. The minimum absolute atomic E-state index is 0.324. The third-order valence-corrected chi connectivity index (χ3v) is 5.65. The molecule has 0 aliphatic rings. The maximum Gasteiger partial charge on any atom is 0.265 e. The molecule has 0 fully saturated rings. The minimum atomic E-state index is -0.814. The molecule has 0 spiro atoms. The lowest BCUT2D eigenvalue weighted by Gasteiger charge is -2.17. The third-order valence-electron chi connectivity index (χ3n) is 4.16. The second-order valence-electron chi connectivity index (χ2n) is 6.20. The Kier molecular flexibility index (Phi) is 5.76. The Balaban J connectivity index is 1.54. The van der Waals surface area contributed by atoms with Gasteiger partial charge in [0.25, 0.3) is 5.91 Å². The Morgan fingerprint density at radius 2 is 2.00 bits per heavy atom. The Morgan fingerprint density at radius 3 is 2.73 bits per heavy atom. The summed E-state index contributed by atoms with van der Waals surface area (Å²) in [6.07, 6.45) is 0.717. The zero-order valence-corrected chi connectivity index (χ0v) is 18.1. The van der Waals surface area contributed by atoms with Crippen LogP contribution in [0, 0.1) is 0 Å². The fourth-order valence-electron chi connectivity index (χ4n) is 2.66. The summed E-state index contributed by atoms with van der Waals surface area (Å²) >= 11 is 13.4. The van der Waals surface area contributed by atoms with Crippen LogP contribution in [0.3, 0.4) is 0 Å². The van der Waals surface area contributed by atoms with E-state index >= 15 is 0 Å². The molecule has 2 aromatic heterocycles. The molecule has 0 saturated carbocycles. The van der Waals surface area contributed by atoms with Crippen molar-refractivity contribution in [1.82, 2.24) is 19.8 Å². The number of amides is 1. The predicted octanol–water partition coefficient (Wildman–Crippen LogP) is 4.57. The maximum absolute atomic E-state index is 12.7. The molecule has 2 aromatic carbocycles. The molecule has 1 atom stereocenters. The topological polar surface area (TPSA) is 90.6 Å². The molecule has 2 heterocycles. The number of benzene rings is 2. The van der Waals surface area contributed by atoms with Crippen LogP contribution in [0.15, 0.2) is 42.7 Å². The minimum Gasteiger partial charge on any atom is -0.495 e. The number of carbonyl (C=O) groups is 1. The molecule has 8 nitrogen and oxygen atoms in total. The van der Waals surface area contributed by atoms with Gasteiger partial charge < -0.3 is 14.8 Å². The summed E-state index contributed by atoms with van der Waals surface area (Å²) in [5.41, 5.74) is 1.29. The SMILES string of the molecule is COc1ccc(-c2nn3cnnc3s2)cc1NC(=O)[C@H](C)Oc1ccc(Cl)cc1Cl. The van der Waals surface area contributed by atoms with Crippen LogP contribution in [0.2, 0.25) is 10.0 Å². The van der Waals surface area contributed by atoms with Crippen molar-refractivity contribution >= 4 is 51.1 Å². The molecule has 0 unspecified atom stereocenters. The van der Waals surface area contributed by atoms with E-state index in [1.54, 1.807) is 41.8 Å². The zero-order chi connectivity index (χ0) is 21.3. The number of ether oxygens (including phenoxy) is 2. The number of fused-ring (bicyclic) bond motifs is 1. The quantitative estimate of drug-likeness (QED) is 0.450. The number of methoxy groups -OCH3 is 1. The Bertz CT molecular complexity index is 1200. The van der Waals surface area contributed by atoms with Gasteiger partial charge in [0.2, 0.25) is 4.96 Å². The lowest BCUT2D eigenvalue weighted by atomic mass is 10.2. The monoisotopic (exact) mass is 463 g/mol. The number of nitrogens with one attached hydrogen (secondary N) is 1. The lowest BCUT2D eigenvalue weighted by Crippen LogP contribution is -2.30. The second kappa shape index (κ2) is 8.47. The number of nitrogens with zero attached hydrogens (tertiary/aromatic N) is 4. The first-order valence-electron chi connectivity index (χ1n) is 8.72. The van der Waals surface area contributed by atoms with Gasteiger partial charge in [0.15, 0.2) is 6.10 Å². The average molecular weight is 464 g/mol. The highest BCUT2D eigenvalue weighted by molar-refractivity contribution is 7.19. The maximum atomic E-state index is 12.7. The van der Waals surface area contributed by atoms with Crippen LogP contribution in [0.4, 0.5) is 5.69 Å². The molecule has 154 valence electrons. The van der Waals surface area contributed by atoms with Gasteiger partial charge in [-0.15, -0.1) is 10.2 Å². The Morgan fingerprint density at radius 1 is 1.20 bits per heavy atom. The summed E-state index contributed by atoms with van der Waals surface area (Å²) in [4.78, 5) is 13.4. The van der Waals surface area contributed by atoms with Crippen LogP contribution in [-0.2, 0) is 4.79 Å². The van der Waals surface area contributed by atoms with Gasteiger partial charge in [-0.1, -0.05) is 34.5 Å². The number of hydrogen-bond acceptors (Lipinski definition) is 7. The summed E-state index contributed by atoms with van der Waals surface area (Å²) in [6, 6.07) is 10.2. The van der Waals surface area contributed by atoms with Gasteiger partial charge in [0, 0.05) is 10.6 Å². The van der Waals surface area contributed by atoms with E-state index in [1.807, 2.05) is 6.07 Å². The number of carbonyl (C=O) groups excluding carboxylic acids is 1. The Labute approximate surface area is 185 Å². The first kappa shape index (κ1) is 20.4. The second-order valence-corrected chi connectivity index (χ2v) is 8.00. The first-order valence-corrected chi connectivity index (χ1v) is 10.3. The van der Waals surface area contributed by atoms with Crippen LogP contribution in [0.25, 0.3) is 15.5 Å². The summed E-state index contributed by atoms with van der Waals surface area (Å²) < 4.78 is 12.6. The first-order chi connectivity index (χ1) is 14.4. The number of aromatic nitrogens is 4. The fraction of sp³-hybridized carbons (Fsp3) is 0.158. The molecule has 4 rings (SSSR count). The number of rotatable bonds is 6. The normalized spacial score (nSPS) is 12.0. The van der Waals surface area contributed by atoms with Crippen LogP contribution in [0.1, 0.15) is 6.92 Å². The molecule has 0 radical (unpaired) electrons. The van der Waals surface area contributed by atoms with E-state index in [2.05, 4.69) is 20.6 Å². The summed E-state index contributed by atoms with van der Waals surface area (Å²) in [6.45, 7) is 1.62. The zero-order valence-electron chi connectivity index (χ0n) is 15.8. The van der Waals surface area contributed by atoms with Crippen molar-refractivity contribution in [1.29, 1.82) is 0 Å². The number of halogens is 2. The van der Waals surface area contributed by atoms with Crippen molar-refractivity contribution in [3.63, 3.8) is 0 Å². The molecule has 0 bridgehead atoms. The van der Waals surface area contributed by atoms with Crippen molar-refractivity contribution in [3.05, 3.63) is 52.8 Å². The molecule has 30 heavy (non-hydrogen) atoms. The number of hydrogen-bond donors (Lipinski definition) is 1. The molecule has 0 saturated heterocycles. The largest absolute Gasteiger partial charge is 0.495 e. The van der Waals surface area contributed by atoms with Crippen molar-refractivity contribution < 1.29 is 14.3 Å². The van der Waals surface area contributed by atoms with Crippen molar-refractivity contribution in [2.24, 2.45) is 0 Å². The molecule has 0 aliphatic heterocycles. The van der Waals surface area contributed by atoms with E-state index in [0.717, 1.165) is 10.6 Å². The van der Waals surface area contributed by atoms with Gasteiger partial charge in [0.05, 0.1) is 17.8 Å². The highest BCUT2D eigenvalue weighted by atomic mass is 35.5. The standard InChI is InChI=1S/C19H15Cl2N5O3S/c1-10(29-15-6-4-12(20)8-13(15)21)17(27)23-14-7-11(3-5-16(14)28-2)18-25-26-9-22-24-19(26)30-18/h3-10H,1-2H3,(H,23,27)/t10-/m0/s1. The molecular formula is C19H15Cl2N5O3S. The highest BCUT2D eigenvalue weighted by Crippen LogP contribution is 2.33. The van der Waals surface area contributed by atoms with Gasteiger partial charge in [-0.3, -0.25) is 4.79 Å². The van der Waals surface area contributed by atoms with Crippen LogP contribution in [0.5, 0.6) is 11.5 Å². The molecule has 1 amide bonds. The Hall–Kier alpha value is -2.88. The van der Waals surface area contributed by atoms with Crippen LogP contribution < -0.4 is 14.8 Å². The van der Waals surface area contributed by atoms with E-state index < -0.39 is 6.10 Å². The molecule has 1 N–H and O–H groups in total. The van der Waals surface area contributed by atoms with Gasteiger partial charge in [0.1, 0.15) is 22.8 Å². The summed E-state index contributed by atoms with van der Waals surface area (Å²) in [5.74, 6) is 0.505. The van der Waals surface area contributed by atoms with Gasteiger partial charge in [-0.2, -0.15) is 9.61 Å². The highest BCUT2D eigenvalue weighted by Gasteiger charge is 2.19. The average Bonchev–Trinajstić information content (AvgIpc) is 3.32. The van der Waals surface area contributed by atoms with E-state index in [-0.39, 0.29) is 5.91 Å². The van der Waals surface area contributed by atoms with E-state index in [0.29, 0.717) is 32.2 Å². The summed E-state index contributed by atoms with van der Waals surface area (Å²) in [5, 5.41) is 16.6. The van der Waals surface area contributed by atoms with Gasteiger partial charge in [-0.05, 0) is 43.3 Å². The van der Waals surface area contributed by atoms with Crippen molar-refractivity contribution in [3.8, 4) is 22.1 Å². The molecular weight excluding hydrogens is 449 g/mol. The van der Waals surface area contributed by atoms with Crippen molar-refractivity contribution in [2.45, 2.75) is 13.0 Å². The molecule has 0 aliphatic carbocycles. The van der Waals surface area contributed by atoms with Crippen LogP contribution in [-0.4, -0.2) is 38.9 Å². The van der Waals surface area contributed by atoms with Gasteiger partial charge in [-0.25, -0.2) is 0 Å². The van der Waals surface area contributed by atoms with E-state index in [4.69, 9.17) is 32.7 Å². The van der Waals surface area contributed by atoms with E-state index in [1.165, 1.54) is 24.8 Å². The summed E-state index contributed by atoms with van der Waals surface area (Å²) in [7, 11) is 1.53. The van der Waals surface area contributed by atoms with E-state index in [9.17, 15) is 4.79 Å². The van der Waals surface area contributed by atoms with Gasteiger partial charge >= 0.3 is 0 Å². The van der Waals surface area contributed by atoms with Crippen molar-refractivity contribution in [2.75, 3.05) is 12.4 Å². The number of anilines is 1. The molecule has 4 aromatic rings. The fourth-order valence-corrected chi connectivity index (χ4v) is 3.93. The van der Waals surface area contributed by atoms with Crippen LogP contribution >= 0.6 is 34.5 Å². The smallest absolute Gasteiger partial charge is 0.265 e. The molecule has 11 heteroatoms. The predicted molar refractivity (Wildman–Crippen MR) is 116 cm³/mol.